The summed E-state index contributed by atoms with van der Waals surface area (Å²) in [4.78, 5) is 11.1. The molecule has 0 aromatic heterocycles. The Morgan fingerprint density at radius 1 is 1.00 bits per heavy atom. The predicted octanol–water partition coefficient (Wildman–Crippen LogP) is 5.36. The van der Waals surface area contributed by atoms with Crippen LogP contribution in [0.2, 0.25) is 0 Å². The Morgan fingerprint density at radius 3 is 2.50 bits per heavy atom. The molecule has 0 bridgehead atoms. The fourth-order valence-corrected chi connectivity index (χ4v) is 3.75. The summed E-state index contributed by atoms with van der Waals surface area (Å²) in [7, 11) is 0. The first kappa shape index (κ1) is 20.2. The van der Waals surface area contributed by atoms with Gasteiger partial charge >= 0.3 is 5.97 Å². The summed E-state index contributed by atoms with van der Waals surface area (Å²) in [5.41, 5.74) is 11.6. The van der Waals surface area contributed by atoms with Gasteiger partial charge in [0.05, 0.1) is 6.42 Å². The number of hydrogen-bond donors (Lipinski definition) is 2. The van der Waals surface area contributed by atoms with Crippen LogP contribution in [0.1, 0.15) is 42.0 Å². The van der Waals surface area contributed by atoms with E-state index >= 15 is 0 Å². The van der Waals surface area contributed by atoms with Crippen LogP contribution in [0.4, 0.5) is 0 Å². The van der Waals surface area contributed by atoms with Crippen molar-refractivity contribution in [2.75, 3.05) is 0 Å². The summed E-state index contributed by atoms with van der Waals surface area (Å²) in [6.07, 6.45) is 3.63. The molecule has 3 aromatic carbocycles. The molecule has 1 unspecified atom stereocenters. The standard InChI is InChI=1S/C26H27NO3/c27-24(14-18-11-12-18)22-9-4-8-21(15-22)20-7-3-5-19(13-20)17-30-25-10-2-1-6-23(25)16-26(28)29/h1-10,13,15,18,24H,11-12,14,16-17,27H2,(H,28,29). The van der Waals surface area contributed by atoms with Gasteiger partial charge in [-0.05, 0) is 52.8 Å². The second kappa shape index (κ2) is 9.14. The maximum atomic E-state index is 11.1. The largest absolute Gasteiger partial charge is 0.489 e. The van der Waals surface area contributed by atoms with Crippen LogP contribution in [0, 0.1) is 5.92 Å². The second-order valence-electron chi connectivity index (χ2n) is 8.08. The lowest BCUT2D eigenvalue weighted by Gasteiger charge is -2.14. The van der Waals surface area contributed by atoms with Crippen molar-refractivity contribution < 1.29 is 14.6 Å². The van der Waals surface area contributed by atoms with Gasteiger partial charge in [0.25, 0.3) is 0 Å². The highest BCUT2D eigenvalue weighted by Crippen LogP contribution is 2.37. The highest BCUT2D eigenvalue weighted by molar-refractivity contribution is 5.71. The number of nitrogens with two attached hydrogens (primary N) is 1. The molecule has 1 atom stereocenters. The van der Waals surface area contributed by atoms with E-state index in [9.17, 15) is 4.79 Å². The van der Waals surface area contributed by atoms with E-state index in [-0.39, 0.29) is 12.5 Å². The SMILES string of the molecule is NC(CC1CC1)c1cccc(-c2cccc(COc3ccccc3CC(=O)O)c2)c1. The van der Waals surface area contributed by atoms with Crippen molar-refractivity contribution in [3.05, 3.63) is 89.5 Å². The fourth-order valence-electron chi connectivity index (χ4n) is 3.75. The summed E-state index contributed by atoms with van der Waals surface area (Å²) < 4.78 is 5.94. The number of carboxylic acids is 1. The maximum Gasteiger partial charge on any atom is 0.307 e. The van der Waals surface area contributed by atoms with Crippen LogP contribution in [0.25, 0.3) is 11.1 Å². The zero-order valence-corrected chi connectivity index (χ0v) is 17.0. The molecule has 1 saturated carbocycles. The van der Waals surface area contributed by atoms with Crippen molar-refractivity contribution >= 4 is 5.97 Å². The highest BCUT2D eigenvalue weighted by Gasteiger charge is 2.24. The van der Waals surface area contributed by atoms with Crippen molar-refractivity contribution in [3.8, 4) is 16.9 Å². The third kappa shape index (κ3) is 5.28. The van der Waals surface area contributed by atoms with Crippen LogP contribution in [0.3, 0.4) is 0 Å². The van der Waals surface area contributed by atoms with Gasteiger partial charge in [0.15, 0.2) is 0 Å². The van der Waals surface area contributed by atoms with Crippen LogP contribution in [-0.2, 0) is 17.8 Å². The van der Waals surface area contributed by atoms with E-state index in [4.69, 9.17) is 15.6 Å². The molecule has 3 aromatic rings. The first-order valence-corrected chi connectivity index (χ1v) is 10.5. The monoisotopic (exact) mass is 401 g/mol. The van der Waals surface area contributed by atoms with Crippen LogP contribution < -0.4 is 10.5 Å². The predicted molar refractivity (Wildman–Crippen MR) is 118 cm³/mol. The molecule has 0 amide bonds. The van der Waals surface area contributed by atoms with Gasteiger partial charge in [0, 0.05) is 11.6 Å². The molecule has 0 spiro atoms. The van der Waals surface area contributed by atoms with Gasteiger partial charge in [-0.15, -0.1) is 0 Å². The molecule has 4 nitrogen and oxygen atoms in total. The molecule has 0 heterocycles. The quantitative estimate of drug-likeness (QED) is 0.506. The lowest BCUT2D eigenvalue weighted by Crippen LogP contribution is -2.10. The summed E-state index contributed by atoms with van der Waals surface area (Å²) in [6, 6.07) is 24.1. The van der Waals surface area contributed by atoms with E-state index in [0.29, 0.717) is 17.9 Å². The fraction of sp³-hybridized carbons (Fsp3) is 0.269. The number of ether oxygens (including phenoxy) is 1. The number of para-hydroxylation sites is 1. The van der Waals surface area contributed by atoms with E-state index in [2.05, 4.69) is 36.4 Å². The zero-order valence-electron chi connectivity index (χ0n) is 17.0. The van der Waals surface area contributed by atoms with Gasteiger partial charge in [-0.1, -0.05) is 67.4 Å². The van der Waals surface area contributed by atoms with E-state index in [1.54, 1.807) is 6.07 Å². The topological polar surface area (TPSA) is 72.5 Å². The first-order chi connectivity index (χ1) is 14.6. The Bertz CT molecular complexity index is 1030. The normalized spacial score (nSPS) is 14.3. The minimum atomic E-state index is -0.868. The number of carboxylic acid groups (broad SMARTS) is 1. The maximum absolute atomic E-state index is 11.1. The number of aliphatic carboxylic acids is 1. The average molecular weight is 402 g/mol. The van der Waals surface area contributed by atoms with Crippen molar-refractivity contribution in [2.45, 2.75) is 38.3 Å². The second-order valence-corrected chi connectivity index (χ2v) is 8.08. The first-order valence-electron chi connectivity index (χ1n) is 10.5. The highest BCUT2D eigenvalue weighted by atomic mass is 16.5. The van der Waals surface area contributed by atoms with Crippen LogP contribution in [0.5, 0.6) is 5.75 Å². The molecule has 4 heteroatoms. The summed E-state index contributed by atoms with van der Waals surface area (Å²) in [5, 5.41) is 9.09. The van der Waals surface area contributed by atoms with E-state index in [0.717, 1.165) is 29.0 Å². The molecule has 1 aliphatic rings. The third-order valence-corrected chi connectivity index (χ3v) is 5.57. The summed E-state index contributed by atoms with van der Waals surface area (Å²) in [5.74, 6) is 0.541. The van der Waals surface area contributed by atoms with Gasteiger partial charge in [0.1, 0.15) is 12.4 Å². The minimum Gasteiger partial charge on any atom is -0.489 e. The Hall–Kier alpha value is -3.11. The minimum absolute atomic E-state index is 0.0515. The van der Waals surface area contributed by atoms with Gasteiger partial charge in [-0.3, -0.25) is 4.79 Å². The lowest BCUT2D eigenvalue weighted by atomic mass is 9.96. The van der Waals surface area contributed by atoms with Gasteiger partial charge in [0.2, 0.25) is 0 Å². The molecule has 1 aliphatic carbocycles. The average Bonchev–Trinajstić information content (AvgIpc) is 3.57. The molecule has 0 aliphatic heterocycles. The number of rotatable bonds is 9. The van der Waals surface area contributed by atoms with Crippen molar-refractivity contribution in [2.24, 2.45) is 11.7 Å². The molecule has 0 radical (unpaired) electrons. The van der Waals surface area contributed by atoms with E-state index < -0.39 is 5.97 Å². The Morgan fingerprint density at radius 2 is 1.73 bits per heavy atom. The van der Waals surface area contributed by atoms with Crippen molar-refractivity contribution in [3.63, 3.8) is 0 Å². The molecular formula is C26H27NO3. The van der Waals surface area contributed by atoms with Crippen LogP contribution in [-0.4, -0.2) is 11.1 Å². The molecular weight excluding hydrogens is 374 g/mol. The number of benzene rings is 3. The molecule has 1 fully saturated rings. The Labute approximate surface area is 177 Å². The van der Waals surface area contributed by atoms with Gasteiger partial charge in [-0.25, -0.2) is 0 Å². The molecule has 154 valence electrons. The molecule has 0 saturated heterocycles. The van der Waals surface area contributed by atoms with Crippen LogP contribution >= 0.6 is 0 Å². The van der Waals surface area contributed by atoms with Crippen molar-refractivity contribution in [1.29, 1.82) is 0 Å². The smallest absolute Gasteiger partial charge is 0.307 e. The zero-order chi connectivity index (χ0) is 20.9. The number of hydrogen-bond acceptors (Lipinski definition) is 3. The molecule has 4 rings (SSSR count). The van der Waals surface area contributed by atoms with Crippen molar-refractivity contribution in [1.82, 2.24) is 0 Å². The summed E-state index contributed by atoms with van der Waals surface area (Å²) in [6.45, 7) is 0.380. The molecule has 3 N–H and O–H groups in total. The van der Waals surface area contributed by atoms with Gasteiger partial charge < -0.3 is 15.6 Å². The lowest BCUT2D eigenvalue weighted by molar-refractivity contribution is -0.136. The summed E-state index contributed by atoms with van der Waals surface area (Å²) >= 11 is 0. The Kier molecular flexibility index (Phi) is 6.15. The van der Waals surface area contributed by atoms with Crippen LogP contribution in [0.15, 0.2) is 72.8 Å². The van der Waals surface area contributed by atoms with E-state index in [1.807, 2.05) is 30.3 Å². The molecule has 30 heavy (non-hydrogen) atoms. The Balaban J connectivity index is 1.48. The van der Waals surface area contributed by atoms with Gasteiger partial charge in [-0.2, -0.15) is 0 Å². The van der Waals surface area contributed by atoms with E-state index in [1.165, 1.54) is 18.4 Å². The third-order valence-electron chi connectivity index (χ3n) is 5.57. The number of carbonyl (C=O) groups is 1.